The number of carbonyl (C=O) groups is 1. The summed E-state index contributed by atoms with van der Waals surface area (Å²) in [6.07, 6.45) is 0.430. The lowest BCUT2D eigenvalue weighted by molar-refractivity contribution is -0.116. The number of methoxy groups -OCH3 is 1. The summed E-state index contributed by atoms with van der Waals surface area (Å²) in [4.78, 5) is 16.7. The smallest absolute Gasteiger partial charge is 0.225 e. The predicted octanol–water partition coefficient (Wildman–Crippen LogP) is 2.99. The molecular formula is C20H24FN3O2. The van der Waals surface area contributed by atoms with Crippen molar-refractivity contribution in [3.05, 3.63) is 54.3 Å². The van der Waals surface area contributed by atoms with Crippen LogP contribution in [-0.2, 0) is 4.79 Å². The number of nitrogens with zero attached hydrogens (tertiary/aromatic N) is 2. The Labute approximate surface area is 153 Å². The van der Waals surface area contributed by atoms with Gasteiger partial charge in [0, 0.05) is 50.5 Å². The molecule has 138 valence electrons. The van der Waals surface area contributed by atoms with E-state index in [-0.39, 0.29) is 11.7 Å². The molecule has 1 heterocycles. The molecule has 2 aromatic rings. The molecule has 0 atom stereocenters. The van der Waals surface area contributed by atoms with E-state index in [4.69, 9.17) is 4.74 Å². The SMILES string of the molecule is COc1ccc(N2CCN(CCC(=O)Nc3ccc(F)cc3)CC2)cc1. The van der Waals surface area contributed by atoms with Gasteiger partial charge in [-0.05, 0) is 48.5 Å². The zero-order valence-electron chi connectivity index (χ0n) is 15.0. The summed E-state index contributed by atoms with van der Waals surface area (Å²) in [6.45, 7) is 4.45. The Morgan fingerprint density at radius 1 is 1.04 bits per heavy atom. The zero-order chi connectivity index (χ0) is 18.4. The lowest BCUT2D eigenvalue weighted by Crippen LogP contribution is -2.47. The van der Waals surface area contributed by atoms with Gasteiger partial charge in [0.1, 0.15) is 11.6 Å². The second-order valence-electron chi connectivity index (χ2n) is 6.33. The van der Waals surface area contributed by atoms with E-state index in [9.17, 15) is 9.18 Å². The van der Waals surface area contributed by atoms with Gasteiger partial charge < -0.3 is 15.0 Å². The molecular weight excluding hydrogens is 333 g/mol. The lowest BCUT2D eigenvalue weighted by Gasteiger charge is -2.36. The number of benzene rings is 2. The highest BCUT2D eigenvalue weighted by Gasteiger charge is 2.18. The van der Waals surface area contributed by atoms with Gasteiger partial charge in [-0.25, -0.2) is 4.39 Å². The van der Waals surface area contributed by atoms with E-state index in [1.165, 1.54) is 17.8 Å². The predicted molar refractivity (Wildman–Crippen MR) is 101 cm³/mol. The molecule has 5 nitrogen and oxygen atoms in total. The van der Waals surface area contributed by atoms with Crippen molar-refractivity contribution in [1.29, 1.82) is 0 Å². The number of amides is 1. The number of nitrogens with one attached hydrogen (secondary N) is 1. The zero-order valence-corrected chi connectivity index (χ0v) is 15.0. The van der Waals surface area contributed by atoms with Gasteiger partial charge in [-0.1, -0.05) is 0 Å². The highest BCUT2D eigenvalue weighted by molar-refractivity contribution is 5.90. The summed E-state index contributed by atoms with van der Waals surface area (Å²) >= 11 is 0. The molecule has 0 spiro atoms. The van der Waals surface area contributed by atoms with Gasteiger partial charge in [0.25, 0.3) is 0 Å². The van der Waals surface area contributed by atoms with Crippen molar-refractivity contribution in [3.8, 4) is 5.75 Å². The third kappa shape index (κ3) is 4.95. The van der Waals surface area contributed by atoms with Gasteiger partial charge in [0.2, 0.25) is 5.91 Å². The van der Waals surface area contributed by atoms with Crippen molar-refractivity contribution in [2.75, 3.05) is 50.1 Å². The molecule has 1 fully saturated rings. The molecule has 0 bridgehead atoms. The first-order valence-corrected chi connectivity index (χ1v) is 8.81. The third-order valence-electron chi connectivity index (χ3n) is 4.59. The number of hydrogen-bond donors (Lipinski definition) is 1. The van der Waals surface area contributed by atoms with E-state index in [1.807, 2.05) is 12.1 Å². The fourth-order valence-corrected chi connectivity index (χ4v) is 3.04. The molecule has 6 heteroatoms. The van der Waals surface area contributed by atoms with Crippen molar-refractivity contribution in [1.82, 2.24) is 4.90 Å². The molecule has 0 aliphatic carbocycles. The molecule has 1 N–H and O–H groups in total. The molecule has 3 rings (SSSR count). The lowest BCUT2D eigenvalue weighted by atomic mass is 10.2. The molecule has 0 saturated carbocycles. The second kappa shape index (κ2) is 8.67. The quantitative estimate of drug-likeness (QED) is 0.863. The number of carbonyl (C=O) groups excluding carboxylic acids is 1. The summed E-state index contributed by atoms with van der Waals surface area (Å²) in [5.74, 6) is 0.506. The van der Waals surface area contributed by atoms with Crippen LogP contribution in [0.4, 0.5) is 15.8 Å². The first kappa shape index (κ1) is 18.2. The molecule has 26 heavy (non-hydrogen) atoms. The average molecular weight is 357 g/mol. The van der Waals surface area contributed by atoms with Crippen LogP contribution in [0.3, 0.4) is 0 Å². The highest BCUT2D eigenvalue weighted by Crippen LogP contribution is 2.20. The largest absolute Gasteiger partial charge is 0.497 e. The van der Waals surface area contributed by atoms with Crippen LogP contribution in [0.25, 0.3) is 0 Å². The average Bonchev–Trinajstić information content (AvgIpc) is 2.69. The number of rotatable bonds is 6. The second-order valence-corrected chi connectivity index (χ2v) is 6.33. The van der Waals surface area contributed by atoms with Crippen LogP contribution in [0.2, 0.25) is 0 Å². The van der Waals surface area contributed by atoms with Crippen LogP contribution >= 0.6 is 0 Å². The summed E-state index contributed by atoms with van der Waals surface area (Å²) in [5, 5.41) is 2.80. The fourth-order valence-electron chi connectivity index (χ4n) is 3.04. The van der Waals surface area contributed by atoms with E-state index in [0.29, 0.717) is 12.1 Å². The first-order valence-electron chi connectivity index (χ1n) is 8.81. The maximum Gasteiger partial charge on any atom is 0.225 e. The minimum absolute atomic E-state index is 0.0470. The van der Waals surface area contributed by atoms with Crippen LogP contribution in [0.15, 0.2) is 48.5 Å². The minimum Gasteiger partial charge on any atom is -0.497 e. The molecule has 1 aliphatic heterocycles. The maximum absolute atomic E-state index is 12.9. The Bertz CT molecular complexity index is 711. The molecule has 2 aromatic carbocycles. The van der Waals surface area contributed by atoms with Crippen molar-refractivity contribution >= 4 is 17.3 Å². The topological polar surface area (TPSA) is 44.8 Å². The van der Waals surface area contributed by atoms with Gasteiger partial charge in [-0.2, -0.15) is 0 Å². The number of piperazine rings is 1. The van der Waals surface area contributed by atoms with Crippen LogP contribution < -0.4 is 15.0 Å². The van der Waals surface area contributed by atoms with E-state index >= 15 is 0 Å². The summed E-state index contributed by atoms with van der Waals surface area (Å²) in [6, 6.07) is 13.9. The van der Waals surface area contributed by atoms with E-state index < -0.39 is 0 Å². The van der Waals surface area contributed by atoms with Crippen LogP contribution in [-0.4, -0.2) is 50.6 Å². The van der Waals surface area contributed by atoms with E-state index in [1.54, 1.807) is 19.2 Å². The number of hydrogen-bond acceptors (Lipinski definition) is 4. The Hall–Kier alpha value is -2.60. The summed E-state index contributed by atoms with van der Waals surface area (Å²) < 4.78 is 18.1. The molecule has 0 unspecified atom stereocenters. The van der Waals surface area contributed by atoms with Crippen molar-refractivity contribution < 1.29 is 13.9 Å². The van der Waals surface area contributed by atoms with Crippen molar-refractivity contribution in [2.24, 2.45) is 0 Å². The molecule has 0 radical (unpaired) electrons. The number of ether oxygens (including phenoxy) is 1. The maximum atomic E-state index is 12.9. The van der Waals surface area contributed by atoms with Crippen molar-refractivity contribution in [3.63, 3.8) is 0 Å². The molecule has 1 saturated heterocycles. The van der Waals surface area contributed by atoms with E-state index in [2.05, 4.69) is 27.2 Å². The van der Waals surface area contributed by atoms with E-state index in [0.717, 1.165) is 38.5 Å². The third-order valence-corrected chi connectivity index (χ3v) is 4.59. The highest BCUT2D eigenvalue weighted by atomic mass is 19.1. The fraction of sp³-hybridized carbons (Fsp3) is 0.350. The van der Waals surface area contributed by atoms with Crippen molar-refractivity contribution in [2.45, 2.75) is 6.42 Å². The van der Waals surface area contributed by atoms with Gasteiger partial charge >= 0.3 is 0 Å². The minimum atomic E-state index is -0.308. The normalized spacial score (nSPS) is 14.9. The summed E-state index contributed by atoms with van der Waals surface area (Å²) in [7, 11) is 1.67. The Kier molecular flexibility index (Phi) is 6.07. The molecule has 0 aromatic heterocycles. The Morgan fingerprint density at radius 3 is 2.31 bits per heavy atom. The summed E-state index contributed by atoms with van der Waals surface area (Å²) in [5.41, 5.74) is 1.82. The molecule has 1 aliphatic rings. The van der Waals surface area contributed by atoms with Gasteiger partial charge in [0.15, 0.2) is 0 Å². The van der Waals surface area contributed by atoms with Crippen LogP contribution in [0, 0.1) is 5.82 Å². The Morgan fingerprint density at radius 2 is 1.69 bits per heavy atom. The van der Waals surface area contributed by atoms with Gasteiger partial charge in [0.05, 0.1) is 7.11 Å². The van der Waals surface area contributed by atoms with Gasteiger partial charge in [-0.3, -0.25) is 9.69 Å². The van der Waals surface area contributed by atoms with Gasteiger partial charge in [-0.15, -0.1) is 0 Å². The Balaban J connectivity index is 1.40. The van der Waals surface area contributed by atoms with Crippen LogP contribution in [0.1, 0.15) is 6.42 Å². The van der Waals surface area contributed by atoms with Crippen LogP contribution in [0.5, 0.6) is 5.75 Å². The standard InChI is InChI=1S/C20H24FN3O2/c1-26-19-8-6-18(7-9-19)24-14-12-23(13-15-24)11-10-20(25)22-17-4-2-16(21)3-5-17/h2-9H,10-15H2,1H3,(H,22,25). The number of anilines is 2. The number of halogens is 1. The molecule has 1 amide bonds. The monoisotopic (exact) mass is 357 g/mol. The first-order chi connectivity index (χ1) is 12.6.